The number of rotatable bonds is 4. The third-order valence-electron chi connectivity index (χ3n) is 3.20. The Morgan fingerprint density at radius 1 is 1.50 bits per heavy atom. The van der Waals surface area contributed by atoms with Crippen molar-refractivity contribution in [3.8, 4) is 0 Å². The largest absolute Gasteiger partial charge is 0.467 e. The van der Waals surface area contributed by atoms with Crippen LogP contribution in [0.25, 0.3) is 0 Å². The normalized spacial score (nSPS) is 24.6. The number of hydrogen-bond acceptors (Lipinski definition) is 4. The number of nitrogens with one attached hydrogen (secondary N) is 2. The van der Waals surface area contributed by atoms with Gasteiger partial charge in [-0.1, -0.05) is 6.92 Å². The highest BCUT2D eigenvalue weighted by Crippen LogP contribution is 2.16. The molecule has 0 saturated carbocycles. The lowest BCUT2D eigenvalue weighted by Gasteiger charge is -2.28. The first kappa shape index (κ1) is 17.2. The topological polar surface area (TPSA) is 67.4 Å². The molecule has 3 atom stereocenters. The minimum atomic E-state index is -0.516. The molecule has 0 radical (unpaired) electrons. The van der Waals surface area contributed by atoms with E-state index in [4.69, 9.17) is 0 Å². The Balaban J connectivity index is 0.00000289. The third kappa shape index (κ3) is 4.82. The van der Waals surface area contributed by atoms with Gasteiger partial charge in [-0.3, -0.25) is 4.79 Å². The van der Waals surface area contributed by atoms with Crippen molar-refractivity contribution in [3.63, 3.8) is 0 Å². The molecule has 18 heavy (non-hydrogen) atoms. The van der Waals surface area contributed by atoms with Crippen LogP contribution in [-0.2, 0) is 14.3 Å². The Bertz CT molecular complexity index is 286. The van der Waals surface area contributed by atoms with Gasteiger partial charge in [0, 0.05) is 12.0 Å². The van der Waals surface area contributed by atoms with Gasteiger partial charge in [0.25, 0.3) is 0 Å². The highest BCUT2D eigenvalue weighted by molar-refractivity contribution is 5.86. The highest BCUT2D eigenvalue weighted by atomic mass is 35.5. The van der Waals surface area contributed by atoms with Crippen LogP contribution < -0.4 is 10.6 Å². The molecule has 1 saturated heterocycles. The van der Waals surface area contributed by atoms with Gasteiger partial charge in [0.1, 0.15) is 6.04 Å². The number of amides is 1. The Morgan fingerprint density at radius 2 is 2.17 bits per heavy atom. The van der Waals surface area contributed by atoms with Crippen LogP contribution in [0.15, 0.2) is 0 Å². The van der Waals surface area contributed by atoms with Gasteiger partial charge in [-0.25, -0.2) is 4.79 Å². The van der Waals surface area contributed by atoms with E-state index in [2.05, 4.69) is 22.3 Å². The molecule has 5 nitrogen and oxygen atoms in total. The van der Waals surface area contributed by atoms with Gasteiger partial charge in [-0.2, -0.15) is 0 Å². The van der Waals surface area contributed by atoms with Crippen LogP contribution in [0.1, 0.15) is 33.1 Å². The van der Waals surface area contributed by atoms with E-state index in [-0.39, 0.29) is 30.2 Å². The summed E-state index contributed by atoms with van der Waals surface area (Å²) < 4.78 is 4.65. The molecule has 1 fully saturated rings. The minimum absolute atomic E-state index is 0. The summed E-state index contributed by atoms with van der Waals surface area (Å²) in [5.74, 6) is -0.400. The molecule has 1 amide bonds. The van der Waals surface area contributed by atoms with E-state index in [0.717, 1.165) is 19.4 Å². The fourth-order valence-electron chi connectivity index (χ4n) is 2.13. The maximum Gasteiger partial charge on any atom is 0.328 e. The van der Waals surface area contributed by atoms with E-state index >= 15 is 0 Å². The first-order valence-electron chi connectivity index (χ1n) is 6.20. The Labute approximate surface area is 114 Å². The summed E-state index contributed by atoms with van der Waals surface area (Å²) in [5.41, 5.74) is 0. The van der Waals surface area contributed by atoms with E-state index in [9.17, 15) is 9.59 Å². The van der Waals surface area contributed by atoms with Crippen molar-refractivity contribution in [2.75, 3.05) is 13.7 Å². The van der Waals surface area contributed by atoms with Gasteiger partial charge < -0.3 is 15.4 Å². The number of ether oxygens (including phenoxy) is 1. The van der Waals surface area contributed by atoms with Crippen LogP contribution in [-0.4, -0.2) is 37.6 Å². The van der Waals surface area contributed by atoms with Gasteiger partial charge in [0.2, 0.25) is 5.91 Å². The number of piperidine rings is 1. The molecule has 2 N–H and O–H groups in total. The lowest BCUT2D eigenvalue weighted by Crippen LogP contribution is -2.47. The molecule has 1 unspecified atom stereocenters. The number of carbonyl (C=O) groups excluding carboxylic acids is 2. The van der Waals surface area contributed by atoms with Crippen molar-refractivity contribution < 1.29 is 14.3 Å². The van der Waals surface area contributed by atoms with Gasteiger partial charge in [-0.05, 0) is 32.7 Å². The Hall–Kier alpha value is -0.810. The predicted molar refractivity (Wildman–Crippen MR) is 71.7 cm³/mol. The second-order valence-electron chi connectivity index (χ2n) is 4.57. The van der Waals surface area contributed by atoms with Crippen molar-refractivity contribution in [2.45, 2.75) is 45.2 Å². The number of halogens is 1. The van der Waals surface area contributed by atoms with Crippen molar-refractivity contribution in [1.82, 2.24) is 10.6 Å². The average Bonchev–Trinajstić information content (AvgIpc) is 2.34. The van der Waals surface area contributed by atoms with Crippen molar-refractivity contribution in [2.24, 2.45) is 5.92 Å². The lowest BCUT2D eigenvalue weighted by atomic mass is 9.92. The van der Waals surface area contributed by atoms with Crippen LogP contribution >= 0.6 is 12.4 Å². The highest BCUT2D eigenvalue weighted by Gasteiger charge is 2.28. The summed E-state index contributed by atoms with van der Waals surface area (Å²) in [6.45, 7) is 4.78. The molecule has 1 heterocycles. The third-order valence-corrected chi connectivity index (χ3v) is 3.20. The zero-order chi connectivity index (χ0) is 12.8. The second-order valence-corrected chi connectivity index (χ2v) is 4.57. The summed E-state index contributed by atoms with van der Waals surface area (Å²) in [7, 11) is 1.34. The van der Waals surface area contributed by atoms with Crippen molar-refractivity contribution in [1.29, 1.82) is 0 Å². The molecule has 106 valence electrons. The molecule has 1 aliphatic heterocycles. The van der Waals surface area contributed by atoms with Crippen molar-refractivity contribution >= 4 is 24.3 Å². The standard InChI is InChI=1S/C12H22N2O3.ClH/c1-4-10(12(16)17-3)14-11(15)9-5-6-13-8(2)7-9;/h8-10,13H,4-7H2,1-3H3,(H,14,15);1H/t8-,9-,10?;/m0./s1. The van der Waals surface area contributed by atoms with Crippen LogP contribution in [0.2, 0.25) is 0 Å². The van der Waals surface area contributed by atoms with E-state index in [0.29, 0.717) is 12.5 Å². The number of hydrogen-bond donors (Lipinski definition) is 2. The van der Waals surface area contributed by atoms with Crippen LogP contribution in [0, 0.1) is 5.92 Å². The smallest absolute Gasteiger partial charge is 0.328 e. The number of methoxy groups -OCH3 is 1. The average molecular weight is 279 g/mol. The molecule has 0 aromatic rings. The SMILES string of the molecule is CCC(NC(=O)[C@H]1CCN[C@@H](C)C1)C(=O)OC.Cl. The summed E-state index contributed by atoms with van der Waals surface area (Å²) in [6.07, 6.45) is 2.20. The molecule has 1 aliphatic rings. The number of esters is 1. The van der Waals surface area contributed by atoms with Gasteiger partial charge in [-0.15, -0.1) is 12.4 Å². The molecule has 0 spiro atoms. The van der Waals surface area contributed by atoms with Crippen LogP contribution in [0.4, 0.5) is 0 Å². The quantitative estimate of drug-likeness (QED) is 0.749. The molecule has 0 aromatic heterocycles. The first-order valence-corrected chi connectivity index (χ1v) is 6.20. The van der Waals surface area contributed by atoms with Gasteiger partial charge >= 0.3 is 5.97 Å². The molecule has 0 aliphatic carbocycles. The Kier molecular flexibility index (Phi) is 7.95. The molecular weight excluding hydrogens is 256 g/mol. The van der Waals surface area contributed by atoms with Gasteiger partial charge in [0.15, 0.2) is 0 Å². The predicted octanol–water partition coefficient (Wildman–Crippen LogP) is 0.864. The molecule has 0 aromatic carbocycles. The van der Waals surface area contributed by atoms with E-state index in [1.807, 2.05) is 6.92 Å². The summed E-state index contributed by atoms with van der Waals surface area (Å²) in [4.78, 5) is 23.4. The monoisotopic (exact) mass is 278 g/mol. The van der Waals surface area contributed by atoms with Crippen LogP contribution in [0.5, 0.6) is 0 Å². The maximum atomic E-state index is 12.0. The van der Waals surface area contributed by atoms with E-state index in [1.54, 1.807) is 0 Å². The van der Waals surface area contributed by atoms with E-state index in [1.165, 1.54) is 7.11 Å². The first-order chi connectivity index (χ1) is 8.08. The lowest BCUT2D eigenvalue weighted by molar-refractivity contribution is -0.145. The Morgan fingerprint density at radius 3 is 2.67 bits per heavy atom. The zero-order valence-electron chi connectivity index (χ0n) is 11.2. The molecule has 0 bridgehead atoms. The second kappa shape index (κ2) is 8.32. The minimum Gasteiger partial charge on any atom is -0.467 e. The van der Waals surface area contributed by atoms with Gasteiger partial charge in [0.05, 0.1) is 7.11 Å². The molecule has 6 heteroatoms. The maximum absolute atomic E-state index is 12.0. The molecular formula is C12H23ClN2O3. The number of carbonyl (C=O) groups is 2. The van der Waals surface area contributed by atoms with Crippen molar-refractivity contribution in [3.05, 3.63) is 0 Å². The molecule has 1 rings (SSSR count). The summed E-state index contributed by atoms with van der Waals surface area (Å²) in [5, 5.41) is 6.06. The zero-order valence-corrected chi connectivity index (χ0v) is 12.0. The van der Waals surface area contributed by atoms with Crippen LogP contribution in [0.3, 0.4) is 0 Å². The summed E-state index contributed by atoms with van der Waals surface area (Å²) >= 11 is 0. The fourth-order valence-corrected chi connectivity index (χ4v) is 2.13. The van der Waals surface area contributed by atoms with E-state index < -0.39 is 6.04 Å². The summed E-state index contributed by atoms with van der Waals surface area (Å²) in [6, 6.07) is -0.157. The fraction of sp³-hybridized carbons (Fsp3) is 0.833.